The van der Waals surface area contributed by atoms with Crippen LogP contribution in [0.15, 0.2) is 17.5 Å². The summed E-state index contributed by atoms with van der Waals surface area (Å²) < 4.78 is 0. The number of likely N-dealkylation sites (tertiary alicyclic amines) is 1. The molecule has 1 atom stereocenters. The lowest BCUT2D eigenvalue weighted by molar-refractivity contribution is -0.138. The molecule has 0 spiro atoms. The number of carboxylic acids is 1. The highest BCUT2D eigenvalue weighted by Gasteiger charge is 2.21. The van der Waals surface area contributed by atoms with Gasteiger partial charge >= 0.3 is 5.97 Å². The predicted molar refractivity (Wildman–Crippen MR) is 64.6 cm³/mol. The quantitative estimate of drug-likeness (QED) is 0.877. The zero-order chi connectivity index (χ0) is 11.4. The fourth-order valence-electron chi connectivity index (χ4n) is 2.33. The van der Waals surface area contributed by atoms with E-state index in [1.807, 2.05) is 0 Å². The van der Waals surface area contributed by atoms with Gasteiger partial charge in [0, 0.05) is 24.4 Å². The molecule has 4 heteroatoms. The Morgan fingerprint density at radius 3 is 3.19 bits per heavy atom. The van der Waals surface area contributed by atoms with Crippen molar-refractivity contribution in [1.29, 1.82) is 0 Å². The van der Waals surface area contributed by atoms with Crippen LogP contribution < -0.4 is 0 Å². The summed E-state index contributed by atoms with van der Waals surface area (Å²) in [5.41, 5.74) is 0. The predicted octanol–water partition coefficient (Wildman–Crippen LogP) is 2.43. The molecule has 0 amide bonds. The van der Waals surface area contributed by atoms with E-state index >= 15 is 0 Å². The van der Waals surface area contributed by atoms with Crippen LogP contribution in [0.2, 0.25) is 0 Å². The molecule has 1 fully saturated rings. The zero-order valence-corrected chi connectivity index (χ0v) is 10.1. The van der Waals surface area contributed by atoms with Gasteiger partial charge in [-0.15, -0.1) is 11.3 Å². The van der Waals surface area contributed by atoms with Crippen molar-refractivity contribution in [3.05, 3.63) is 22.4 Å². The van der Waals surface area contributed by atoms with Crippen LogP contribution in [-0.2, 0) is 11.3 Å². The van der Waals surface area contributed by atoms with E-state index in [0.717, 1.165) is 32.5 Å². The first kappa shape index (κ1) is 11.6. The van der Waals surface area contributed by atoms with E-state index in [1.54, 1.807) is 11.3 Å². The zero-order valence-electron chi connectivity index (χ0n) is 9.26. The number of rotatable bonds is 4. The van der Waals surface area contributed by atoms with Gasteiger partial charge < -0.3 is 5.11 Å². The van der Waals surface area contributed by atoms with Crippen molar-refractivity contribution in [3.63, 3.8) is 0 Å². The van der Waals surface area contributed by atoms with Gasteiger partial charge in [-0.05, 0) is 36.8 Å². The highest BCUT2D eigenvalue weighted by Crippen LogP contribution is 2.22. The van der Waals surface area contributed by atoms with E-state index in [-0.39, 0.29) is 0 Å². The van der Waals surface area contributed by atoms with Crippen molar-refractivity contribution in [1.82, 2.24) is 4.90 Å². The topological polar surface area (TPSA) is 40.5 Å². The molecule has 88 valence electrons. The van der Waals surface area contributed by atoms with Crippen molar-refractivity contribution in [2.45, 2.75) is 25.8 Å². The van der Waals surface area contributed by atoms with Gasteiger partial charge in [-0.25, -0.2) is 0 Å². The molecule has 1 aliphatic rings. The second kappa shape index (κ2) is 5.46. The summed E-state index contributed by atoms with van der Waals surface area (Å²) in [6.45, 7) is 3.02. The maximum absolute atomic E-state index is 10.7. The number of carboxylic acid groups (broad SMARTS) is 1. The minimum atomic E-state index is -0.664. The molecule has 0 aliphatic carbocycles. The van der Waals surface area contributed by atoms with Gasteiger partial charge in [0.1, 0.15) is 0 Å². The highest BCUT2D eigenvalue weighted by atomic mass is 32.1. The lowest BCUT2D eigenvalue weighted by atomic mass is 9.95. The second-order valence-electron chi connectivity index (χ2n) is 4.42. The third kappa shape index (κ3) is 3.32. The van der Waals surface area contributed by atoms with Crippen LogP contribution in [0.4, 0.5) is 0 Å². The molecule has 0 bridgehead atoms. The summed E-state index contributed by atoms with van der Waals surface area (Å²) in [5, 5.41) is 10.9. The van der Waals surface area contributed by atoms with Crippen molar-refractivity contribution in [2.24, 2.45) is 5.92 Å². The second-order valence-corrected chi connectivity index (χ2v) is 5.45. The molecule has 16 heavy (non-hydrogen) atoms. The molecule has 0 radical (unpaired) electrons. The van der Waals surface area contributed by atoms with E-state index in [0.29, 0.717) is 12.3 Å². The van der Waals surface area contributed by atoms with E-state index in [1.165, 1.54) is 4.88 Å². The van der Waals surface area contributed by atoms with Crippen molar-refractivity contribution in [3.8, 4) is 0 Å². The Hall–Kier alpha value is -0.870. The molecule has 1 unspecified atom stereocenters. The Bertz CT molecular complexity index is 337. The molecule has 1 aromatic rings. The molecule has 1 aliphatic heterocycles. The van der Waals surface area contributed by atoms with Crippen LogP contribution in [0.3, 0.4) is 0 Å². The smallest absolute Gasteiger partial charge is 0.303 e. The third-order valence-corrected chi connectivity index (χ3v) is 3.89. The normalized spacial score (nSPS) is 22.1. The molecule has 1 aromatic heterocycles. The summed E-state index contributed by atoms with van der Waals surface area (Å²) in [5.74, 6) is -0.325. The summed E-state index contributed by atoms with van der Waals surface area (Å²) in [6.07, 6.45) is 2.51. The number of nitrogens with zero attached hydrogens (tertiary/aromatic N) is 1. The van der Waals surface area contributed by atoms with Gasteiger partial charge in [0.2, 0.25) is 0 Å². The number of hydrogen-bond acceptors (Lipinski definition) is 3. The summed E-state index contributed by atoms with van der Waals surface area (Å²) >= 11 is 1.77. The van der Waals surface area contributed by atoms with Crippen molar-refractivity contribution < 1.29 is 9.90 Å². The minimum Gasteiger partial charge on any atom is -0.481 e. The summed E-state index contributed by atoms with van der Waals surface area (Å²) in [7, 11) is 0. The Kier molecular flexibility index (Phi) is 3.96. The molecule has 0 saturated carbocycles. The lowest BCUT2D eigenvalue weighted by Gasteiger charge is -2.31. The van der Waals surface area contributed by atoms with Crippen molar-refractivity contribution >= 4 is 17.3 Å². The molecule has 1 saturated heterocycles. The molecule has 2 rings (SSSR count). The van der Waals surface area contributed by atoms with Gasteiger partial charge in [0.05, 0.1) is 0 Å². The van der Waals surface area contributed by atoms with Gasteiger partial charge in [-0.3, -0.25) is 9.69 Å². The fraction of sp³-hybridized carbons (Fsp3) is 0.583. The number of hydrogen-bond donors (Lipinski definition) is 1. The fourth-order valence-corrected chi connectivity index (χ4v) is 3.08. The number of piperidine rings is 1. The van der Waals surface area contributed by atoms with Crippen LogP contribution in [0.5, 0.6) is 0 Å². The van der Waals surface area contributed by atoms with Crippen molar-refractivity contribution in [2.75, 3.05) is 13.1 Å². The minimum absolute atomic E-state index is 0.320. The third-order valence-electron chi connectivity index (χ3n) is 3.03. The summed E-state index contributed by atoms with van der Waals surface area (Å²) in [6, 6.07) is 4.21. The van der Waals surface area contributed by atoms with E-state index in [9.17, 15) is 4.79 Å². The van der Waals surface area contributed by atoms with E-state index in [4.69, 9.17) is 5.11 Å². The largest absolute Gasteiger partial charge is 0.481 e. The maximum Gasteiger partial charge on any atom is 0.303 e. The van der Waals surface area contributed by atoms with E-state index in [2.05, 4.69) is 22.4 Å². The number of thiophene rings is 1. The first-order valence-corrected chi connectivity index (χ1v) is 6.58. The SMILES string of the molecule is O=C(O)CC1CCCN(Cc2cccs2)C1. The Labute approximate surface area is 99.7 Å². The van der Waals surface area contributed by atoms with Crippen LogP contribution >= 0.6 is 11.3 Å². The average molecular weight is 239 g/mol. The molecule has 3 nitrogen and oxygen atoms in total. The van der Waals surface area contributed by atoms with Crippen LogP contribution in [0.1, 0.15) is 24.1 Å². The Morgan fingerprint density at radius 2 is 2.50 bits per heavy atom. The lowest BCUT2D eigenvalue weighted by Crippen LogP contribution is -2.35. The molecular weight excluding hydrogens is 222 g/mol. The average Bonchev–Trinajstić information content (AvgIpc) is 2.70. The van der Waals surface area contributed by atoms with Gasteiger partial charge in [0.15, 0.2) is 0 Å². The maximum atomic E-state index is 10.7. The standard InChI is InChI=1S/C12H17NO2S/c14-12(15)7-10-3-1-5-13(8-10)9-11-4-2-6-16-11/h2,4,6,10H,1,3,5,7-9H2,(H,14,15). The van der Waals surface area contributed by atoms with Gasteiger partial charge in [-0.2, -0.15) is 0 Å². The van der Waals surface area contributed by atoms with Crippen LogP contribution in [0, 0.1) is 5.92 Å². The van der Waals surface area contributed by atoms with Crippen LogP contribution in [0.25, 0.3) is 0 Å². The molecule has 0 aromatic carbocycles. The molecule has 2 heterocycles. The van der Waals surface area contributed by atoms with E-state index < -0.39 is 5.97 Å². The summed E-state index contributed by atoms with van der Waals surface area (Å²) in [4.78, 5) is 14.4. The van der Waals surface area contributed by atoms with Crippen LogP contribution in [-0.4, -0.2) is 29.1 Å². The highest BCUT2D eigenvalue weighted by molar-refractivity contribution is 7.09. The Balaban J connectivity index is 1.84. The van der Waals surface area contributed by atoms with Gasteiger partial charge in [-0.1, -0.05) is 6.07 Å². The molecule has 1 N–H and O–H groups in total. The molecular formula is C12H17NO2S. The van der Waals surface area contributed by atoms with Gasteiger partial charge in [0.25, 0.3) is 0 Å². The monoisotopic (exact) mass is 239 g/mol. The Morgan fingerprint density at radius 1 is 1.62 bits per heavy atom. The number of aliphatic carboxylic acids is 1. The number of carbonyl (C=O) groups is 1. The first-order valence-electron chi connectivity index (χ1n) is 5.70. The first-order chi connectivity index (χ1) is 7.74.